The highest BCUT2D eigenvalue weighted by Crippen LogP contribution is 2.24. The van der Waals surface area contributed by atoms with Crippen LogP contribution in [0, 0.1) is 12.8 Å². The number of sulfonamides is 1. The van der Waals surface area contributed by atoms with Gasteiger partial charge in [0.05, 0.1) is 12.0 Å². The van der Waals surface area contributed by atoms with E-state index in [9.17, 15) is 13.2 Å². The third-order valence-electron chi connectivity index (χ3n) is 5.04. The average molecular weight is 403 g/mol. The van der Waals surface area contributed by atoms with Gasteiger partial charge in [-0.1, -0.05) is 13.0 Å². The highest BCUT2D eigenvalue weighted by Gasteiger charge is 2.25. The van der Waals surface area contributed by atoms with Gasteiger partial charge in [-0.15, -0.1) is 0 Å². The van der Waals surface area contributed by atoms with E-state index in [0.717, 1.165) is 18.4 Å². The molecule has 1 aliphatic rings. The van der Waals surface area contributed by atoms with Crippen molar-refractivity contribution in [2.45, 2.75) is 31.6 Å². The molecule has 0 radical (unpaired) electrons. The first-order valence-electron chi connectivity index (χ1n) is 9.37. The lowest BCUT2D eigenvalue weighted by Crippen LogP contribution is -2.39. The van der Waals surface area contributed by atoms with Crippen LogP contribution in [0.2, 0.25) is 0 Å². The molecule has 1 heterocycles. The highest BCUT2D eigenvalue weighted by molar-refractivity contribution is 7.92. The van der Waals surface area contributed by atoms with Gasteiger partial charge in [0.15, 0.2) is 0 Å². The number of piperidine rings is 1. The zero-order chi connectivity index (χ0) is 20.3. The van der Waals surface area contributed by atoms with E-state index in [4.69, 9.17) is 4.74 Å². The molecule has 2 aromatic carbocycles. The molecule has 6 nitrogen and oxygen atoms in total. The minimum atomic E-state index is -3.81. The minimum absolute atomic E-state index is 0.0716. The second kappa shape index (κ2) is 8.22. The Hall–Kier alpha value is -2.54. The highest BCUT2D eigenvalue weighted by atomic mass is 32.2. The van der Waals surface area contributed by atoms with Gasteiger partial charge in [0.25, 0.3) is 15.9 Å². The van der Waals surface area contributed by atoms with E-state index in [0.29, 0.717) is 36.0 Å². The summed E-state index contributed by atoms with van der Waals surface area (Å²) in [5, 5.41) is 0. The Kier molecular flexibility index (Phi) is 5.93. The molecule has 3 rings (SSSR count). The summed E-state index contributed by atoms with van der Waals surface area (Å²) in [5.41, 5.74) is 1.64. The van der Waals surface area contributed by atoms with Gasteiger partial charge in [0, 0.05) is 24.3 Å². The normalized spacial score (nSPS) is 17.2. The van der Waals surface area contributed by atoms with Crippen molar-refractivity contribution >= 4 is 21.6 Å². The van der Waals surface area contributed by atoms with Crippen molar-refractivity contribution in [3.8, 4) is 5.75 Å². The molecule has 2 aromatic rings. The van der Waals surface area contributed by atoms with Crippen molar-refractivity contribution < 1.29 is 17.9 Å². The molecule has 0 spiro atoms. The number of amides is 1. The summed E-state index contributed by atoms with van der Waals surface area (Å²) < 4.78 is 33.2. The number of methoxy groups -OCH3 is 1. The van der Waals surface area contributed by atoms with E-state index >= 15 is 0 Å². The molecule has 0 saturated carbocycles. The Balaban J connectivity index is 1.85. The van der Waals surface area contributed by atoms with Crippen LogP contribution in [0.4, 0.5) is 5.69 Å². The summed E-state index contributed by atoms with van der Waals surface area (Å²) in [6.45, 7) is 5.38. The number of hydrogen-bond acceptors (Lipinski definition) is 4. The maximum atomic E-state index is 13.0. The van der Waals surface area contributed by atoms with Gasteiger partial charge >= 0.3 is 0 Å². The summed E-state index contributed by atoms with van der Waals surface area (Å²) in [7, 11) is -2.26. The van der Waals surface area contributed by atoms with Crippen molar-refractivity contribution in [1.29, 1.82) is 0 Å². The molecule has 1 unspecified atom stereocenters. The van der Waals surface area contributed by atoms with Gasteiger partial charge in [-0.25, -0.2) is 8.42 Å². The van der Waals surface area contributed by atoms with Crippen LogP contribution in [0.15, 0.2) is 47.4 Å². The smallest absolute Gasteiger partial charge is 0.261 e. The third-order valence-corrected chi connectivity index (χ3v) is 6.42. The van der Waals surface area contributed by atoms with Gasteiger partial charge in [-0.2, -0.15) is 0 Å². The van der Waals surface area contributed by atoms with Crippen LogP contribution in [0.5, 0.6) is 5.75 Å². The molecule has 1 fully saturated rings. The van der Waals surface area contributed by atoms with E-state index < -0.39 is 10.0 Å². The molecule has 1 amide bonds. The molecular weight excluding hydrogens is 376 g/mol. The lowest BCUT2D eigenvalue weighted by Gasteiger charge is -2.31. The number of anilines is 1. The van der Waals surface area contributed by atoms with Gasteiger partial charge in [-0.05, 0) is 67.6 Å². The van der Waals surface area contributed by atoms with Crippen molar-refractivity contribution in [3.63, 3.8) is 0 Å². The summed E-state index contributed by atoms with van der Waals surface area (Å²) in [4.78, 5) is 14.9. The Bertz CT molecular complexity index is 955. The quantitative estimate of drug-likeness (QED) is 0.828. The molecule has 0 aliphatic carbocycles. The molecule has 1 aliphatic heterocycles. The Morgan fingerprint density at radius 3 is 2.54 bits per heavy atom. The Morgan fingerprint density at radius 2 is 1.89 bits per heavy atom. The van der Waals surface area contributed by atoms with Gasteiger partial charge in [0.2, 0.25) is 0 Å². The van der Waals surface area contributed by atoms with E-state index in [1.54, 1.807) is 37.4 Å². The van der Waals surface area contributed by atoms with Crippen LogP contribution in [-0.2, 0) is 10.0 Å². The first-order chi connectivity index (χ1) is 13.3. The average Bonchev–Trinajstić information content (AvgIpc) is 2.68. The monoisotopic (exact) mass is 402 g/mol. The van der Waals surface area contributed by atoms with Crippen LogP contribution in [0.3, 0.4) is 0 Å². The molecule has 0 bridgehead atoms. The molecule has 1 atom stereocenters. The van der Waals surface area contributed by atoms with Gasteiger partial charge < -0.3 is 9.64 Å². The molecular formula is C21H26N2O4S. The molecule has 1 N–H and O–H groups in total. The largest absolute Gasteiger partial charge is 0.497 e. The first-order valence-corrected chi connectivity index (χ1v) is 10.9. The summed E-state index contributed by atoms with van der Waals surface area (Å²) in [5.74, 6) is 0.995. The van der Waals surface area contributed by atoms with E-state index in [1.807, 2.05) is 11.8 Å². The molecule has 0 aromatic heterocycles. The van der Waals surface area contributed by atoms with Crippen molar-refractivity contribution in [2.75, 3.05) is 24.9 Å². The SMILES string of the molecule is COc1ccc(NS(=O)(=O)c2ccc(C)c(C(=O)N3CCCC(C)C3)c2)cc1. The second-order valence-corrected chi connectivity index (χ2v) is 8.99. The van der Waals surface area contributed by atoms with Crippen LogP contribution in [0.25, 0.3) is 0 Å². The third kappa shape index (κ3) is 4.47. The fourth-order valence-electron chi connectivity index (χ4n) is 3.42. The van der Waals surface area contributed by atoms with Crippen LogP contribution in [-0.4, -0.2) is 39.4 Å². The van der Waals surface area contributed by atoms with E-state index in [2.05, 4.69) is 11.6 Å². The maximum Gasteiger partial charge on any atom is 0.261 e. The van der Waals surface area contributed by atoms with Crippen LogP contribution in [0.1, 0.15) is 35.7 Å². The topological polar surface area (TPSA) is 75.7 Å². The standard InChI is InChI=1S/C21H26N2O4S/c1-15-5-4-12-23(14-15)21(24)20-13-19(11-6-16(20)2)28(25,26)22-17-7-9-18(27-3)10-8-17/h6-11,13,15,22H,4-5,12,14H2,1-3H3. The molecule has 1 saturated heterocycles. The predicted octanol–water partition coefficient (Wildman–Crippen LogP) is 3.68. The number of benzene rings is 2. The molecule has 7 heteroatoms. The summed E-state index contributed by atoms with van der Waals surface area (Å²) in [6.07, 6.45) is 2.09. The molecule has 150 valence electrons. The number of hydrogen-bond donors (Lipinski definition) is 1. The van der Waals surface area contributed by atoms with Gasteiger partial charge in [-0.3, -0.25) is 9.52 Å². The number of likely N-dealkylation sites (tertiary alicyclic amines) is 1. The number of aryl methyl sites for hydroxylation is 1. The number of carbonyl (C=O) groups excluding carboxylic acids is 1. The zero-order valence-electron chi connectivity index (χ0n) is 16.4. The van der Waals surface area contributed by atoms with Crippen LogP contribution < -0.4 is 9.46 Å². The van der Waals surface area contributed by atoms with Crippen molar-refractivity contribution in [2.24, 2.45) is 5.92 Å². The molecule has 28 heavy (non-hydrogen) atoms. The number of nitrogens with zero attached hydrogens (tertiary/aromatic N) is 1. The van der Waals surface area contributed by atoms with Crippen molar-refractivity contribution in [1.82, 2.24) is 4.90 Å². The fourth-order valence-corrected chi connectivity index (χ4v) is 4.50. The van der Waals surface area contributed by atoms with E-state index in [-0.39, 0.29) is 10.8 Å². The second-order valence-electron chi connectivity index (χ2n) is 7.31. The van der Waals surface area contributed by atoms with Gasteiger partial charge in [0.1, 0.15) is 5.75 Å². The predicted molar refractivity (Wildman–Crippen MR) is 109 cm³/mol. The summed E-state index contributed by atoms with van der Waals surface area (Å²) >= 11 is 0. The maximum absolute atomic E-state index is 13.0. The van der Waals surface area contributed by atoms with E-state index in [1.165, 1.54) is 12.1 Å². The van der Waals surface area contributed by atoms with Crippen LogP contribution >= 0.6 is 0 Å². The minimum Gasteiger partial charge on any atom is -0.497 e. The first kappa shape index (κ1) is 20.2. The fraction of sp³-hybridized carbons (Fsp3) is 0.381. The Labute approximate surface area is 166 Å². The lowest BCUT2D eigenvalue weighted by atomic mass is 9.99. The number of rotatable bonds is 5. The number of ether oxygens (including phenoxy) is 1. The van der Waals surface area contributed by atoms with Crippen molar-refractivity contribution in [3.05, 3.63) is 53.6 Å². The summed E-state index contributed by atoms with van der Waals surface area (Å²) in [6, 6.07) is 11.3. The lowest BCUT2D eigenvalue weighted by molar-refractivity contribution is 0.0682. The number of nitrogens with one attached hydrogen (secondary N) is 1. The zero-order valence-corrected chi connectivity index (χ0v) is 17.3. The Morgan fingerprint density at radius 1 is 1.18 bits per heavy atom. The number of carbonyl (C=O) groups is 1.